The Morgan fingerprint density at radius 2 is 1.96 bits per heavy atom. The Labute approximate surface area is 162 Å². The predicted octanol–water partition coefficient (Wildman–Crippen LogP) is 3.39. The number of aromatic nitrogens is 1. The molecule has 3 rings (SSSR count). The Bertz CT molecular complexity index is 790. The van der Waals surface area contributed by atoms with Crippen LogP contribution in [0, 0.1) is 10.1 Å². The standard InChI is InChI=1S/C19H22N4O3S/c1-14(27-17-7-5-16(6-8-17)23(25)26)19(24)21-13-15-4-9-18(20-12-15)22-10-2-3-11-22/h4-9,12,14H,2-3,10-11,13H2,1H3,(H,21,24). The highest BCUT2D eigenvalue weighted by atomic mass is 32.2. The summed E-state index contributed by atoms with van der Waals surface area (Å²) in [4.78, 5) is 30.1. The van der Waals surface area contributed by atoms with E-state index in [2.05, 4.69) is 15.2 Å². The fourth-order valence-electron chi connectivity index (χ4n) is 2.89. The average molecular weight is 386 g/mol. The number of non-ortho nitro benzene ring substituents is 1. The van der Waals surface area contributed by atoms with Crippen molar-refractivity contribution in [2.24, 2.45) is 0 Å². The molecule has 2 heterocycles. The van der Waals surface area contributed by atoms with E-state index in [1.165, 1.54) is 36.7 Å². The Kier molecular flexibility index (Phi) is 6.28. The lowest BCUT2D eigenvalue weighted by Crippen LogP contribution is -2.30. The fraction of sp³-hybridized carbons (Fsp3) is 0.368. The number of anilines is 1. The van der Waals surface area contributed by atoms with Crippen LogP contribution in [0.2, 0.25) is 0 Å². The summed E-state index contributed by atoms with van der Waals surface area (Å²) in [7, 11) is 0. The van der Waals surface area contributed by atoms with Crippen molar-refractivity contribution >= 4 is 29.2 Å². The summed E-state index contributed by atoms with van der Waals surface area (Å²) >= 11 is 1.37. The molecule has 8 heteroatoms. The Hall–Kier alpha value is -2.61. The minimum Gasteiger partial charge on any atom is -0.357 e. The summed E-state index contributed by atoms with van der Waals surface area (Å²) in [5.41, 5.74) is 1.00. The minimum atomic E-state index is -0.437. The number of nitro benzene ring substituents is 1. The lowest BCUT2D eigenvalue weighted by molar-refractivity contribution is -0.384. The molecular formula is C19H22N4O3S. The Balaban J connectivity index is 1.48. The normalized spacial score (nSPS) is 14.8. The van der Waals surface area contributed by atoms with Gasteiger partial charge in [-0.05, 0) is 43.5 Å². The number of carbonyl (C=O) groups excluding carboxylic acids is 1. The number of thioether (sulfide) groups is 1. The first-order valence-corrected chi connectivity index (χ1v) is 9.79. The van der Waals surface area contributed by atoms with Crippen molar-refractivity contribution < 1.29 is 9.72 Å². The highest BCUT2D eigenvalue weighted by molar-refractivity contribution is 8.00. The van der Waals surface area contributed by atoms with Crippen LogP contribution in [0.3, 0.4) is 0 Å². The fourth-order valence-corrected chi connectivity index (χ4v) is 3.78. The highest BCUT2D eigenvalue weighted by Crippen LogP contribution is 2.25. The van der Waals surface area contributed by atoms with Crippen LogP contribution < -0.4 is 10.2 Å². The summed E-state index contributed by atoms with van der Waals surface area (Å²) in [6, 6.07) is 10.2. The molecule has 1 saturated heterocycles. The van der Waals surface area contributed by atoms with Gasteiger partial charge in [0.25, 0.3) is 5.69 Å². The molecule has 1 amide bonds. The van der Waals surface area contributed by atoms with Crippen LogP contribution in [0.25, 0.3) is 0 Å². The molecular weight excluding hydrogens is 364 g/mol. The Morgan fingerprint density at radius 3 is 2.56 bits per heavy atom. The third-order valence-corrected chi connectivity index (χ3v) is 5.55. The monoisotopic (exact) mass is 386 g/mol. The van der Waals surface area contributed by atoms with E-state index in [0.29, 0.717) is 6.54 Å². The van der Waals surface area contributed by atoms with Gasteiger partial charge >= 0.3 is 0 Å². The summed E-state index contributed by atoms with van der Waals surface area (Å²) in [5, 5.41) is 13.3. The molecule has 142 valence electrons. The quantitative estimate of drug-likeness (QED) is 0.446. The summed E-state index contributed by atoms with van der Waals surface area (Å²) in [5.74, 6) is 0.909. The van der Waals surface area contributed by atoms with Gasteiger partial charge in [-0.2, -0.15) is 0 Å². The molecule has 0 radical (unpaired) electrons. The zero-order chi connectivity index (χ0) is 19.2. The van der Waals surface area contributed by atoms with Crippen molar-refractivity contribution in [2.75, 3.05) is 18.0 Å². The maximum absolute atomic E-state index is 12.3. The van der Waals surface area contributed by atoms with Crippen LogP contribution >= 0.6 is 11.8 Å². The van der Waals surface area contributed by atoms with E-state index < -0.39 is 4.92 Å². The zero-order valence-electron chi connectivity index (χ0n) is 15.1. The molecule has 2 aromatic rings. The van der Waals surface area contributed by atoms with E-state index in [1.807, 2.05) is 25.3 Å². The molecule has 0 bridgehead atoms. The van der Waals surface area contributed by atoms with E-state index in [1.54, 1.807) is 12.1 Å². The number of pyridine rings is 1. The molecule has 0 saturated carbocycles. The summed E-state index contributed by atoms with van der Waals surface area (Å²) in [6.45, 7) is 4.36. The molecule has 1 N–H and O–H groups in total. The van der Waals surface area contributed by atoms with Crippen LogP contribution in [0.5, 0.6) is 0 Å². The van der Waals surface area contributed by atoms with E-state index in [4.69, 9.17) is 0 Å². The summed E-state index contributed by atoms with van der Waals surface area (Å²) in [6.07, 6.45) is 4.23. The third kappa shape index (κ3) is 5.19. The van der Waals surface area contributed by atoms with Gasteiger partial charge in [-0.1, -0.05) is 6.07 Å². The van der Waals surface area contributed by atoms with E-state index >= 15 is 0 Å². The largest absolute Gasteiger partial charge is 0.357 e. The van der Waals surface area contributed by atoms with Crippen molar-refractivity contribution in [3.05, 3.63) is 58.3 Å². The lowest BCUT2D eigenvalue weighted by atomic mass is 10.2. The number of hydrogen-bond donors (Lipinski definition) is 1. The second-order valence-corrected chi connectivity index (χ2v) is 7.86. The molecule has 1 aromatic heterocycles. The topological polar surface area (TPSA) is 88.4 Å². The molecule has 0 spiro atoms. The van der Waals surface area contributed by atoms with Gasteiger partial charge in [0.1, 0.15) is 5.82 Å². The van der Waals surface area contributed by atoms with Gasteiger partial charge in [-0.3, -0.25) is 14.9 Å². The van der Waals surface area contributed by atoms with Gasteiger partial charge in [0, 0.05) is 42.9 Å². The van der Waals surface area contributed by atoms with Crippen LogP contribution in [-0.2, 0) is 11.3 Å². The molecule has 7 nitrogen and oxygen atoms in total. The predicted molar refractivity (Wildman–Crippen MR) is 106 cm³/mol. The first-order chi connectivity index (χ1) is 13.0. The van der Waals surface area contributed by atoms with E-state index in [9.17, 15) is 14.9 Å². The molecule has 0 aliphatic carbocycles. The second-order valence-electron chi connectivity index (χ2n) is 6.45. The van der Waals surface area contributed by atoms with Gasteiger partial charge < -0.3 is 10.2 Å². The molecule has 1 atom stereocenters. The smallest absolute Gasteiger partial charge is 0.269 e. The maximum atomic E-state index is 12.3. The van der Waals surface area contributed by atoms with Crippen molar-refractivity contribution in [3.63, 3.8) is 0 Å². The van der Waals surface area contributed by atoms with Crippen molar-refractivity contribution in [2.45, 2.75) is 36.5 Å². The van der Waals surface area contributed by atoms with Crippen LogP contribution in [0.15, 0.2) is 47.5 Å². The summed E-state index contributed by atoms with van der Waals surface area (Å²) < 4.78 is 0. The number of nitrogens with zero attached hydrogens (tertiary/aromatic N) is 3. The molecule has 1 aliphatic heterocycles. The van der Waals surface area contributed by atoms with Gasteiger partial charge in [0.05, 0.1) is 10.2 Å². The number of benzene rings is 1. The average Bonchev–Trinajstić information content (AvgIpc) is 3.21. The third-order valence-electron chi connectivity index (χ3n) is 4.44. The lowest BCUT2D eigenvalue weighted by Gasteiger charge is -2.16. The first kappa shape index (κ1) is 19.2. The van der Waals surface area contributed by atoms with Gasteiger partial charge in [-0.25, -0.2) is 4.98 Å². The van der Waals surface area contributed by atoms with Crippen molar-refractivity contribution in [1.82, 2.24) is 10.3 Å². The molecule has 1 fully saturated rings. The molecule has 1 aliphatic rings. The van der Waals surface area contributed by atoms with E-state index in [0.717, 1.165) is 29.4 Å². The highest BCUT2D eigenvalue weighted by Gasteiger charge is 2.16. The SMILES string of the molecule is CC(Sc1ccc([N+](=O)[O-])cc1)C(=O)NCc1ccc(N2CCCC2)nc1. The minimum absolute atomic E-state index is 0.0429. The number of carbonyl (C=O) groups is 1. The number of nitro groups is 1. The number of hydrogen-bond acceptors (Lipinski definition) is 6. The van der Waals surface area contributed by atoms with Gasteiger partial charge in [0.2, 0.25) is 5.91 Å². The maximum Gasteiger partial charge on any atom is 0.269 e. The van der Waals surface area contributed by atoms with Gasteiger partial charge in [-0.15, -0.1) is 11.8 Å². The molecule has 27 heavy (non-hydrogen) atoms. The first-order valence-electron chi connectivity index (χ1n) is 8.91. The van der Waals surface area contributed by atoms with Crippen molar-refractivity contribution in [1.29, 1.82) is 0 Å². The number of nitrogens with one attached hydrogen (secondary N) is 1. The van der Waals surface area contributed by atoms with Crippen molar-refractivity contribution in [3.8, 4) is 0 Å². The molecule has 1 unspecified atom stereocenters. The number of rotatable bonds is 7. The van der Waals surface area contributed by atoms with Crippen LogP contribution in [0.1, 0.15) is 25.3 Å². The van der Waals surface area contributed by atoms with E-state index in [-0.39, 0.29) is 16.8 Å². The number of amides is 1. The second kappa shape index (κ2) is 8.85. The van der Waals surface area contributed by atoms with Crippen LogP contribution in [0.4, 0.5) is 11.5 Å². The molecule has 1 aromatic carbocycles. The zero-order valence-corrected chi connectivity index (χ0v) is 15.9. The Morgan fingerprint density at radius 1 is 1.26 bits per heavy atom. The van der Waals surface area contributed by atoms with Gasteiger partial charge in [0.15, 0.2) is 0 Å². The van der Waals surface area contributed by atoms with Crippen LogP contribution in [-0.4, -0.2) is 34.2 Å².